The Labute approximate surface area is 137 Å². The number of quaternary nitrogens is 1. The molecule has 1 aromatic heterocycles. The second kappa shape index (κ2) is 8.93. The summed E-state index contributed by atoms with van der Waals surface area (Å²) in [5.41, 5.74) is 0.966. The first-order valence-electron chi connectivity index (χ1n) is 6.62. The van der Waals surface area contributed by atoms with Crippen LogP contribution in [0.3, 0.4) is 0 Å². The van der Waals surface area contributed by atoms with Gasteiger partial charge in [0, 0.05) is 30.5 Å². The van der Waals surface area contributed by atoms with Gasteiger partial charge in [0.15, 0.2) is 5.82 Å². The van der Waals surface area contributed by atoms with E-state index in [1.807, 2.05) is 5.38 Å². The molecule has 0 bridgehead atoms. The summed E-state index contributed by atoms with van der Waals surface area (Å²) in [6.07, 6.45) is 0.903. The van der Waals surface area contributed by atoms with Crippen LogP contribution in [0, 0.1) is 15.3 Å². The normalized spacial score (nSPS) is 12.3. The zero-order chi connectivity index (χ0) is 16.6. The van der Waals surface area contributed by atoms with Gasteiger partial charge in [0.25, 0.3) is 6.20 Å². The molecule has 0 fully saturated rings. The Morgan fingerprint density at radius 2 is 2.32 bits per heavy atom. The lowest BCUT2D eigenvalue weighted by molar-refractivity contribution is -0.853. The molecule has 1 rings (SSSR count). The van der Waals surface area contributed by atoms with E-state index in [4.69, 9.17) is 0 Å². The zero-order valence-corrected chi connectivity index (χ0v) is 14.5. The highest BCUT2D eigenvalue weighted by Crippen LogP contribution is 2.18. The smallest absolute Gasteiger partial charge is 0.274 e. The molecule has 0 unspecified atom stereocenters. The van der Waals surface area contributed by atoms with Gasteiger partial charge < -0.3 is 20.5 Å². The van der Waals surface area contributed by atoms with Crippen molar-refractivity contribution in [2.24, 2.45) is 0 Å². The highest BCUT2D eigenvalue weighted by Gasteiger charge is 2.09. The minimum absolute atomic E-state index is 0.375. The topological polar surface area (TPSA) is 103 Å². The van der Waals surface area contributed by atoms with Crippen LogP contribution in [0.2, 0.25) is 0 Å². The third kappa shape index (κ3) is 8.17. The van der Waals surface area contributed by atoms with Gasteiger partial charge in [0.2, 0.25) is 0 Å². The van der Waals surface area contributed by atoms with Crippen molar-refractivity contribution in [1.29, 1.82) is 0 Å². The first-order chi connectivity index (χ1) is 10.3. The van der Waals surface area contributed by atoms with Crippen molar-refractivity contribution in [1.82, 2.24) is 15.6 Å². The molecule has 0 saturated heterocycles. The van der Waals surface area contributed by atoms with Crippen LogP contribution in [-0.4, -0.2) is 48.0 Å². The number of hydroxylamine groups is 3. The van der Waals surface area contributed by atoms with Crippen LogP contribution in [0.4, 0.5) is 0 Å². The van der Waals surface area contributed by atoms with Crippen LogP contribution in [0.1, 0.15) is 10.7 Å². The number of hydrogen-bond donors (Lipinski definition) is 2. The maximum Gasteiger partial charge on any atom is 0.274 e. The number of nitrogens with zero attached hydrogens (tertiary/aromatic N) is 3. The Hall–Kier alpha value is -1.36. The van der Waals surface area contributed by atoms with Crippen molar-refractivity contribution in [3.05, 3.63) is 43.4 Å². The summed E-state index contributed by atoms with van der Waals surface area (Å²) >= 11 is 3.19. The summed E-state index contributed by atoms with van der Waals surface area (Å²) in [5, 5.41) is 30.4. The number of aromatic nitrogens is 1. The highest BCUT2D eigenvalue weighted by atomic mass is 32.2. The minimum atomic E-state index is -0.501. The monoisotopic (exact) mass is 347 g/mol. The number of nitro groups is 1. The van der Waals surface area contributed by atoms with Crippen molar-refractivity contribution >= 4 is 23.1 Å². The fourth-order valence-corrected chi connectivity index (χ4v) is 3.37. The molecule has 0 radical (unpaired) electrons. The lowest BCUT2D eigenvalue weighted by atomic mass is 10.5. The lowest BCUT2D eigenvalue weighted by Crippen LogP contribution is -2.30. The van der Waals surface area contributed by atoms with Gasteiger partial charge in [0.1, 0.15) is 11.6 Å². The van der Waals surface area contributed by atoms with Crippen LogP contribution < -0.4 is 10.6 Å². The predicted molar refractivity (Wildman–Crippen MR) is 89.6 cm³/mol. The summed E-state index contributed by atoms with van der Waals surface area (Å²) in [5.74, 6) is 1.95. The molecule has 124 valence electrons. The SMILES string of the molecule is CN/C(=C\[N+](=O)[O-])NCCSCc1csc(C[N+](C)(C)[O-])n1. The first-order valence-corrected chi connectivity index (χ1v) is 8.65. The fourth-order valence-electron chi connectivity index (χ4n) is 1.55. The minimum Gasteiger partial charge on any atom is -0.633 e. The lowest BCUT2D eigenvalue weighted by Gasteiger charge is -2.32. The van der Waals surface area contributed by atoms with E-state index in [0.717, 1.165) is 28.4 Å². The fraction of sp³-hybridized carbons (Fsp3) is 0.583. The van der Waals surface area contributed by atoms with Crippen molar-refractivity contribution in [2.75, 3.05) is 33.4 Å². The molecule has 0 aliphatic heterocycles. The van der Waals surface area contributed by atoms with E-state index < -0.39 is 4.92 Å². The summed E-state index contributed by atoms with van der Waals surface area (Å²) in [4.78, 5) is 14.3. The van der Waals surface area contributed by atoms with Crippen molar-refractivity contribution in [3.63, 3.8) is 0 Å². The molecule has 1 aromatic rings. The molecule has 22 heavy (non-hydrogen) atoms. The Balaban J connectivity index is 2.26. The van der Waals surface area contributed by atoms with Gasteiger partial charge in [-0.1, -0.05) is 0 Å². The van der Waals surface area contributed by atoms with Gasteiger partial charge in [-0.05, 0) is 0 Å². The van der Waals surface area contributed by atoms with E-state index in [9.17, 15) is 15.3 Å². The van der Waals surface area contributed by atoms with Crippen LogP contribution in [0.25, 0.3) is 0 Å². The van der Waals surface area contributed by atoms with Gasteiger partial charge >= 0.3 is 0 Å². The molecular weight excluding hydrogens is 326 g/mol. The average Bonchev–Trinajstić information content (AvgIpc) is 2.81. The second-order valence-corrected chi connectivity index (χ2v) is 7.07. The summed E-state index contributed by atoms with van der Waals surface area (Å²) in [6, 6.07) is 0. The van der Waals surface area contributed by atoms with E-state index in [1.165, 1.54) is 11.3 Å². The predicted octanol–water partition coefficient (Wildman–Crippen LogP) is 1.34. The Morgan fingerprint density at radius 1 is 1.59 bits per heavy atom. The summed E-state index contributed by atoms with van der Waals surface area (Å²) in [6.45, 7) is 1.00. The highest BCUT2D eigenvalue weighted by molar-refractivity contribution is 7.98. The van der Waals surface area contributed by atoms with Gasteiger partial charge in [-0.3, -0.25) is 10.1 Å². The van der Waals surface area contributed by atoms with Crippen LogP contribution in [-0.2, 0) is 12.3 Å². The van der Waals surface area contributed by atoms with E-state index >= 15 is 0 Å². The standard InChI is InChI=1S/C12H21N5O3S2/c1-13-11(6-16(18)19)14-4-5-21-8-10-9-22-12(15-10)7-17(2,3)20/h6,9,13-14H,4-5,7-8H2,1-3H3/b11-6+. The molecule has 8 nitrogen and oxygen atoms in total. The number of thiazole rings is 1. The van der Waals surface area contributed by atoms with Crippen LogP contribution in [0.15, 0.2) is 17.4 Å². The maximum absolute atomic E-state index is 11.6. The number of nitrogens with one attached hydrogen (secondary N) is 2. The van der Waals surface area contributed by atoms with E-state index in [-0.39, 0.29) is 4.65 Å². The zero-order valence-electron chi connectivity index (χ0n) is 12.9. The van der Waals surface area contributed by atoms with Crippen molar-refractivity contribution in [3.8, 4) is 0 Å². The largest absolute Gasteiger partial charge is 0.633 e. The van der Waals surface area contributed by atoms with Crippen molar-refractivity contribution in [2.45, 2.75) is 12.3 Å². The Morgan fingerprint density at radius 3 is 2.91 bits per heavy atom. The maximum atomic E-state index is 11.6. The first kappa shape index (κ1) is 18.7. The molecule has 0 saturated carbocycles. The molecule has 0 aliphatic rings. The van der Waals surface area contributed by atoms with Gasteiger partial charge in [-0.2, -0.15) is 11.8 Å². The summed E-state index contributed by atoms with van der Waals surface area (Å²) < 4.78 is -0.375. The molecule has 0 aliphatic carbocycles. The third-order valence-corrected chi connectivity index (χ3v) is 4.31. The average molecular weight is 347 g/mol. The molecule has 10 heteroatoms. The molecule has 0 atom stereocenters. The van der Waals surface area contributed by atoms with E-state index in [2.05, 4.69) is 15.6 Å². The van der Waals surface area contributed by atoms with E-state index in [1.54, 1.807) is 32.9 Å². The number of rotatable bonds is 10. The van der Waals surface area contributed by atoms with Gasteiger partial charge in [0.05, 0.1) is 24.7 Å². The summed E-state index contributed by atoms with van der Waals surface area (Å²) in [7, 11) is 4.82. The molecule has 0 amide bonds. The number of hydrogen-bond acceptors (Lipinski definition) is 8. The molecule has 2 N–H and O–H groups in total. The molecule has 0 aromatic carbocycles. The molecular formula is C12H21N5O3S2. The van der Waals surface area contributed by atoms with Gasteiger partial charge in [-0.15, -0.1) is 11.3 Å². The van der Waals surface area contributed by atoms with E-state index in [0.29, 0.717) is 18.9 Å². The Bertz CT molecular complexity index is 513. The van der Waals surface area contributed by atoms with Crippen molar-refractivity contribution < 1.29 is 9.57 Å². The quantitative estimate of drug-likeness (QED) is 0.285. The molecule has 1 heterocycles. The van der Waals surface area contributed by atoms with Crippen LogP contribution >= 0.6 is 23.1 Å². The van der Waals surface area contributed by atoms with Gasteiger partial charge in [-0.25, -0.2) is 4.98 Å². The molecule has 0 spiro atoms. The Kier molecular flexibility index (Phi) is 7.59. The number of thioether (sulfide) groups is 1. The van der Waals surface area contributed by atoms with Crippen LogP contribution in [0.5, 0.6) is 0 Å². The third-order valence-electron chi connectivity index (χ3n) is 2.43. The second-order valence-electron chi connectivity index (χ2n) is 5.02.